The van der Waals surface area contributed by atoms with Gasteiger partial charge in [0, 0.05) is 30.8 Å². The summed E-state index contributed by atoms with van der Waals surface area (Å²) >= 11 is 1.15. The standard InChI is InChI=1S/C12H17N5O2S/c1-3-13-9-4-10(17-11(16-9)6-19-2)14-5-8-7-20-12(18)15-8/h4,7H,3,5-6H2,1-2H3,(H,15,18)(H2,13,14,16,17). The third-order valence-electron chi connectivity index (χ3n) is 2.43. The van der Waals surface area contributed by atoms with E-state index in [1.54, 1.807) is 12.5 Å². The topological polar surface area (TPSA) is 91.9 Å². The Bertz CT molecular complexity index is 586. The Morgan fingerprint density at radius 1 is 1.35 bits per heavy atom. The molecule has 0 saturated heterocycles. The molecule has 0 saturated carbocycles. The number of anilines is 2. The summed E-state index contributed by atoms with van der Waals surface area (Å²) in [6.45, 7) is 3.64. The number of hydrogen-bond acceptors (Lipinski definition) is 7. The lowest BCUT2D eigenvalue weighted by Gasteiger charge is -2.09. The Kier molecular flexibility index (Phi) is 5.08. The molecule has 8 heteroatoms. The number of hydrogen-bond donors (Lipinski definition) is 3. The van der Waals surface area contributed by atoms with Gasteiger partial charge in [-0.2, -0.15) is 0 Å². The van der Waals surface area contributed by atoms with Crippen molar-refractivity contribution in [1.82, 2.24) is 15.0 Å². The fourth-order valence-electron chi connectivity index (χ4n) is 1.64. The van der Waals surface area contributed by atoms with Gasteiger partial charge in [0.15, 0.2) is 5.82 Å². The summed E-state index contributed by atoms with van der Waals surface area (Å²) in [7, 11) is 1.60. The number of thiazole rings is 1. The van der Waals surface area contributed by atoms with Gasteiger partial charge in [-0.1, -0.05) is 11.3 Å². The fraction of sp³-hybridized carbons (Fsp3) is 0.417. The molecule has 0 amide bonds. The lowest BCUT2D eigenvalue weighted by atomic mass is 10.4. The van der Waals surface area contributed by atoms with Crippen LogP contribution in [-0.4, -0.2) is 28.6 Å². The summed E-state index contributed by atoms with van der Waals surface area (Å²) in [6, 6.07) is 1.83. The van der Waals surface area contributed by atoms with Crippen LogP contribution in [0.2, 0.25) is 0 Å². The zero-order valence-corrected chi connectivity index (χ0v) is 12.2. The Morgan fingerprint density at radius 3 is 2.70 bits per heavy atom. The van der Waals surface area contributed by atoms with Crippen molar-refractivity contribution in [3.8, 4) is 0 Å². The highest BCUT2D eigenvalue weighted by Gasteiger charge is 2.05. The third kappa shape index (κ3) is 4.04. The van der Waals surface area contributed by atoms with E-state index in [2.05, 4.69) is 25.6 Å². The lowest BCUT2D eigenvalue weighted by molar-refractivity contribution is 0.178. The van der Waals surface area contributed by atoms with E-state index in [0.29, 0.717) is 24.8 Å². The molecule has 0 radical (unpaired) electrons. The molecule has 7 nitrogen and oxygen atoms in total. The van der Waals surface area contributed by atoms with Gasteiger partial charge in [0.1, 0.15) is 18.2 Å². The molecule has 0 aliphatic carbocycles. The maximum Gasteiger partial charge on any atom is 0.304 e. The van der Waals surface area contributed by atoms with Crippen molar-refractivity contribution in [2.75, 3.05) is 24.3 Å². The smallest absolute Gasteiger partial charge is 0.304 e. The predicted octanol–water partition coefficient (Wildman–Crippen LogP) is 1.42. The molecule has 0 bridgehead atoms. The highest BCUT2D eigenvalue weighted by molar-refractivity contribution is 7.07. The van der Waals surface area contributed by atoms with E-state index < -0.39 is 0 Å². The zero-order chi connectivity index (χ0) is 14.4. The second-order valence-corrected chi connectivity index (χ2v) is 4.89. The molecule has 2 aromatic heterocycles. The summed E-state index contributed by atoms with van der Waals surface area (Å²) in [5.74, 6) is 2.04. The third-order valence-corrected chi connectivity index (χ3v) is 3.15. The van der Waals surface area contributed by atoms with Gasteiger partial charge in [-0.15, -0.1) is 0 Å². The van der Waals surface area contributed by atoms with Gasteiger partial charge in [-0.3, -0.25) is 4.79 Å². The SMILES string of the molecule is CCNc1cc(NCc2csc(=O)[nH]2)nc(COC)n1. The van der Waals surface area contributed by atoms with Crippen molar-refractivity contribution in [1.29, 1.82) is 0 Å². The van der Waals surface area contributed by atoms with E-state index in [1.807, 2.05) is 13.0 Å². The molecule has 0 aliphatic rings. The Morgan fingerprint density at radius 2 is 2.10 bits per heavy atom. The molecule has 20 heavy (non-hydrogen) atoms. The number of rotatable bonds is 7. The number of ether oxygens (including phenoxy) is 1. The van der Waals surface area contributed by atoms with Crippen LogP contribution in [0.5, 0.6) is 0 Å². The van der Waals surface area contributed by atoms with Gasteiger partial charge >= 0.3 is 4.87 Å². The van der Waals surface area contributed by atoms with Crippen LogP contribution in [-0.2, 0) is 17.9 Å². The second-order valence-electron chi connectivity index (χ2n) is 4.04. The molecule has 0 fully saturated rings. The van der Waals surface area contributed by atoms with Crippen LogP contribution >= 0.6 is 11.3 Å². The number of aromatic amines is 1. The van der Waals surface area contributed by atoms with Crippen LogP contribution in [0, 0.1) is 0 Å². The minimum Gasteiger partial charge on any atom is -0.377 e. The highest BCUT2D eigenvalue weighted by atomic mass is 32.1. The summed E-state index contributed by atoms with van der Waals surface area (Å²) in [5.41, 5.74) is 0.830. The van der Waals surface area contributed by atoms with Crippen molar-refractivity contribution in [2.24, 2.45) is 0 Å². The molecule has 2 rings (SSSR count). The largest absolute Gasteiger partial charge is 0.377 e. The average Bonchev–Trinajstić information content (AvgIpc) is 2.83. The predicted molar refractivity (Wildman–Crippen MR) is 79.2 cm³/mol. The van der Waals surface area contributed by atoms with Crippen LogP contribution < -0.4 is 15.5 Å². The van der Waals surface area contributed by atoms with Gasteiger partial charge < -0.3 is 20.4 Å². The van der Waals surface area contributed by atoms with Crippen molar-refractivity contribution in [2.45, 2.75) is 20.1 Å². The molecule has 0 aromatic carbocycles. The number of H-pyrrole nitrogens is 1. The molecular weight excluding hydrogens is 278 g/mol. The lowest BCUT2D eigenvalue weighted by Crippen LogP contribution is -2.09. The van der Waals surface area contributed by atoms with Crippen LogP contribution in [0.15, 0.2) is 16.2 Å². The molecule has 0 aliphatic heterocycles. The van der Waals surface area contributed by atoms with Gasteiger partial charge in [0.2, 0.25) is 0 Å². The van der Waals surface area contributed by atoms with E-state index in [0.717, 1.165) is 29.4 Å². The first-order chi connectivity index (χ1) is 9.71. The van der Waals surface area contributed by atoms with Crippen molar-refractivity contribution >= 4 is 23.0 Å². The summed E-state index contributed by atoms with van der Waals surface area (Å²) < 4.78 is 5.06. The molecule has 0 spiro atoms. The first-order valence-corrected chi connectivity index (χ1v) is 7.10. The van der Waals surface area contributed by atoms with E-state index in [-0.39, 0.29) is 4.87 Å². The van der Waals surface area contributed by atoms with Crippen molar-refractivity contribution in [3.05, 3.63) is 32.6 Å². The maximum atomic E-state index is 11.1. The second kappa shape index (κ2) is 7.01. The maximum absolute atomic E-state index is 11.1. The molecular formula is C12H17N5O2S. The molecule has 108 valence electrons. The summed E-state index contributed by atoms with van der Waals surface area (Å²) in [4.78, 5) is 22.4. The van der Waals surface area contributed by atoms with Crippen LogP contribution in [0.1, 0.15) is 18.4 Å². The highest BCUT2D eigenvalue weighted by Crippen LogP contribution is 2.13. The Hall–Kier alpha value is -1.93. The first-order valence-electron chi connectivity index (χ1n) is 6.22. The number of nitrogens with one attached hydrogen (secondary N) is 3. The van der Waals surface area contributed by atoms with Gasteiger partial charge in [-0.25, -0.2) is 9.97 Å². The first kappa shape index (κ1) is 14.5. The van der Waals surface area contributed by atoms with Crippen molar-refractivity contribution < 1.29 is 4.74 Å². The normalized spacial score (nSPS) is 10.5. The van der Waals surface area contributed by atoms with E-state index >= 15 is 0 Å². The Balaban J connectivity index is 2.10. The monoisotopic (exact) mass is 295 g/mol. The van der Waals surface area contributed by atoms with E-state index in [1.165, 1.54) is 0 Å². The number of aromatic nitrogens is 3. The fourth-order valence-corrected chi connectivity index (χ4v) is 2.22. The molecule has 0 unspecified atom stereocenters. The average molecular weight is 295 g/mol. The molecule has 3 N–H and O–H groups in total. The quantitative estimate of drug-likeness (QED) is 0.715. The van der Waals surface area contributed by atoms with Crippen LogP contribution in [0.4, 0.5) is 11.6 Å². The number of nitrogens with zero attached hydrogens (tertiary/aromatic N) is 2. The molecule has 0 atom stereocenters. The minimum atomic E-state index is -0.0575. The number of methoxy groups -OCH3 is 1. The van der Waals surface area contributed by atoms with Gasteiger partial charge in [-0.05, 0) is 6.92 Å². The summed E-state index contributed by atoms with van der Waals surface area (Å²) in [6.07, 6.45) is 0. The van der Waals surface area contributed by atoms with Gasteiger partial charge in [0.25, 0.3) is 0 Å². The van der Waals surface area contributed by atoms with Crippen LogP contribution in [0.25, 0.3) is 0 Å². The van der Waals surface area contributed by atoms with Crippen LogP contribution in [0.3, 0.4) is 0 Å². The minimum absolute atomic E-state index is 0.0575. The molecule has 2 heterocycles. The van der Waals surface area contributed by atoms with Gasteiger partial charge in [0.05, 0.1) is 6.54 Å². The van der Waals surface area contributed by atoms with E-state index in [9.17, 15) is 4.79 Å². The summed E-state index contributed by atoms with van der Waals surface area (Å²) in [5, 5.41) is 8.10. The van der Waals surface area contributed by atoms with Crippen molar-refractivity contribution in [3.63, 3.8) is 0 Å². The zero-order valence-electron chi connectivity index (χ0n) is 11.4. The molecule has 2 aromatic rings. The Labute approximate surface area is 120 Å². The van der Waals surface area contributed by atoms with E-state index in [4.69, 9.17) is 4.74 Å².